The molecule has 0 aromatic rings. The molecule has 2 bridgehead atoms. The predicted octanol–water partition coefficient (Wildman–Crippen LogP) is -0.320. The Morgan fingerprint density at radius 3 is 2.56 bits per heavy atom. The number of piperidine rings is 2. The van der Waals surface area contributed by atoms with Gasteiger partial charge in [-0.3, -0.25) is 14.4 Å². The lowest BCUT2D eigenvalue weighted by atomic mass is 9.73. The molecule has 10 heteroatoms. The van der Waals surface area contributed by atoms with Crippen LogP contribution in [0.2, 0.25) is 0 Å². The van der Waals surface area contributed by atoms with E-state index >= 15 is 0 Å². The van der Waals surface area contributed by atoms with Gasteiger partial charge in [-0.1, -0.05) is 0 Å². The van der Waals surface area contributed by atoms with Gasteiger partial charge in [0.2, 0.25) is 17.7 Å². The molecule has 0 aromatic carbocycles. The normalized spacial score (nSPS) is 33.9. The highest BCUT2D eigenvalue weighted by atomic mass is 35.5. The largest absolute Gasteiger partial charge is 0.368 e. The molecule has 1 aliphatic carbocycles. The molecule has 5 atom stereocenters. The number of carbonyl (C=O) groups is 3. The first-order valence-corrected chi connectivity index (χ1v) is 8.29. The lowest BCUT2D eigenvalue weighted by molar-refractivity contribution is -0.154. The Hall–Kier alpha value is -1.48. The molecule has 3 amide bonds. The van der Waals surface area contributed by atoms with Gasteiger partial charge >= 0.3 is 0 Å². The topological polar surface area (TPSA) is 113 Å². The summed E-state index contributed by atoms with van der Waals surface area (Å²) in [4.78, 5) is 35.7. The lowest BCUT2D eigenvalue weighted by Gasteiger charge is -2.47. The molecular weight excluding hydrogens is 358 g/mol. The van der Waals surface area contributed by atoms with Crippen molar-refractivity contribution in [1.82, 2.24) is 16.0 Å². The molecule has 0 spiro atoms. The van der Waals surface area contributed by atoms with Crippen LogP contribution in [0.5, 0.6) is 0 Å². The molecule has 0 radical (unpaired) electrons. The molecule has 3 saturated heterocycles. The van der Waals surface area contributed by atoms with Gasteiger partial charge in [0.05, 0.1) is 6.04 Å². The summed E-state index contributed by atoms with van der Waals surface area (Å²) in [5.74, 6) is -5.96. The van der Waals surface area contributed by atoms with Crippen LogP contribution in [0, 0.1) is 11.8 Å². The first-order chi connectivity index (χ1) is 11.3. The Labute approximate surface area is 150 Å². The van der Waals surface area contributed by atoms with Gasteiger partial charge in [0, 0.05) is 30.8 Å². The van der Waals surface area contributed by atoms with Crippen LogP contribution >= 0.6 is 12.4 Å². The SMILES string of the molecule is Cl.NC(=O)[C@H](C[C@@H]1CCNC1=O)NC(=O)[C@H]1N[C@H]2CC[C@@H]1C(F)(F)C2. The van der Waals surface area contributed by atoms with E-state index in [1.54, 1.807) is 0 Å². The molecule has 4 aliphatic rings. The van der Waals surface area contributed by atoms with E-state index in [9.17, 15) is 23.2 Å². The van der Waals surface area contributed by atoms with E-state index in [0.29, 0.717) is 19.4 Å². The molecule has 3 aliphatic heterocycles. The van der Waals surface area contributed by atoms with Crippen molar-refractivity contribution >= 4 is 30.1 Å². The Morgan fingerprint density at radius 2 is 2.04 bits per heavy atom. The summed E-state index contributed by atoms with van der Waals surface area (Å²) in [5.41, 5.74) is 5.31. The zero-order valence-corrected chi connectivity index (χ0v) is 14.4. The Balaban J connectivity index is 0.00000225. The van der Waals surface area contributed by atoms with E-state index in [-0.39, 0.29) is 37.6 Å². The van der Waals surface area contributed by atoms with Crippen LogP contribution in [-0.2, 0) is 14.4 Å². The maximum atomic E-state index is 14.0. The number of nitrogens with one attached hydrogen (secondary N) is 3. The summed E-state index contributed by atoms with van der Waals surface area (Å²) in [7, 11) is 0. The fraction of sp³-hybridized carbons (Fsp3) is 0.800. The Morgan fingerprint density at radius 1 is 1.32 bits per heavy atom. The zero-order chi connectivity index (χ0) is 17.5. The number of rotatable bonds is 5. The molecular formula is C15H23ClF2N4O3. The van der Waals surface area contributed by atoms with Gasteiger partial charge in [-0.25, -0.2) is 8.78 Å². The summed E-state index contributed by atoms with van der Waals surface area (Å²) in [6.07, 6.45) is 1.27. The highest BCUT2D eigenvalue weighted by molar-refractivity contribution is 5.90. The third-order valence-corrected chi connectivity index (χ3v) is 5.33. The summed E-state index contributed by atoms with van der Waals surface area (Å²) in [5, 5.41) is 8.05. The van der Waals surface area contributed by atoms with E-state index in [0.717, 1.165) is 0 Å². The van der Waals surface area contributed by atoms with Crippen molar-refractivity contribution in [2.45, 2.75) is 56.2 Å². The van der Waals surface area contributed by atoms with Crippen LogP contribution in [0.4, 0.5) is 8.78 Å². The number of primary amides is 1. The van der Waals surface area contributed by atoms with Gasteiger partial charge in [-0.2, -0.15) is 0 Å². The summed E-state index contributed by atoms with van der Waals surface area (Å²) < 4.78 is 28.0. The minimum atomic E-state index is -2.89. The van der Waals surface area contributed by atoms with Crippen LogP contribution in [0.1, 0.15) is 32.1 Å². The zero-order valence-electron chi connectivity index (χ0n) is 13.6. The van der Waals surface area contributed by atoms with Gasteiger partial charge in [0.1, 0.15) is 6.04 Å². The van der Waals surface area contributed by atoms with Crippen molar-refractivity contribution in [2.24, 2.45) is 17.6 Å². The summed E-state index contributed by atoms with van der Waals surface area (Å²) >= 11 is 0. The highest BCUT2D eigenvalue weighted by Gasteiger charge is 2.55. The van der Waals surface area contributed by atoms with Crippen molar-refractivity contribution in [3.8, 4) is 0 Å². The van der Waals surface area contributed by atoms with Gasteiger partial charge in [0.15, 0.2) is 0 Å². The van der Waals surface area contributed by atoms with Crippen LogP contribution in [0.15, 0.2) is 0 Å². The number of fused-ring (bicyclic) bond motifs is 3. The standard InChI is InChI=1S/C15H22F2N4O3.ClH/c16-15(17)6-8-1-2-9(15)11(20-8)14(24)21-10(12(18)22)5-7-3-4-19-13(7)23;/h7-11,20H,1-6H2,(H2,18,22)(H,19,23)(H,21,24);1H/t7-,8-,9-,10-,11-;/m0./s1. The minimum absolute atomic E-state index is 0. The molecule has 5 N–H and O–H groups in total. The van der Waals surface area contributed by atoms with Crippen LogP contribution in [-0.4, -0.2) is 48.3 Å². The second-order valence-corrected chi connectivity index (χ2v) is 6.97. The number of carbonyl (C=O) groups excluding carboxylic acids is 3. The average Bonchev–Trinajstić information content (AvgIpc) is 2.90. The summed E-state index contributed by atoms with van der Waals surface area (Å²) in [6.45, 7) is 0.517. The van der Waals surface area contributed by atoms with Gasteiger partial charge in [-0.15, -0.1) is 12.4 Å². The molecule has 4 rings (SSSR count). The second-order valence-electron chi connectivity index (χ2n) is 6.97. The first kappa shape index (κ1) is 19.8. The molecule has 142 valence electrons. The lowest BCUT2D eigenvalue weighted by Crippen LogP contribution is -2.66. The number of alkyl halides is 2. The Kier molecular flexibility index (Phi) is 5.88. The number of nitrogens with two attached hydrogens (primary N) is 1. The van der Waals surface area contributed by atoms with E-state index in [4.69, 9.17) is 5.73 Å². The fourth-order valence-electron chi connectivity index (χ4n) is 4.02. The average molecular weight is 381 g/mol. The molecule has 25 heavy (non-hydrogen) atoms. The maximum absolute atomic E-state index is 14.0. The quantitative estimate of drug-likeness (QED) is 0.523. The predicted molar refractivity (Wildman–Crippen MR) is 87.1 cm³/mol. The van der Waals surface area contributed by atoms with E-state index in [1.807, 2.05) is 0 Å². The molecule has 0 unspecified atom stereocenters. The fourth-order valence-corrected chi connectivity index (χ4v) is 4.02. The number of hydrogen-bond acceptors (Lipinski definition) is 4. The summed E-state index contributed by atoms with van der Waals surface area (Å²) in [6, 6.07) is -2.47. The second kappa shape index (κ2) is 7.41. The van der Waals surface area contributed by atoms with Gasteiger partial charge in [0.25, 0.3) is 5.92 Å². The highest BCUT2D eigenvalue weighted by Crippen LogP contribution is 2.44. The van der Waals surface area contributed by atoms with Crippen molar-refractivity contribution < 1.29 is 23.2 Å². The third-order valence-electron chi connectivity index (χ3n) is 5.33. The van der Waals surface area contributed by atoms with Crippen molar-refractivity contribution in [1.29, 1.82) is 0 Å². The third kappa shape index (κ3) is 4.03. The van der Waals surface area contributed by atoms with E-state index < -0.39 is 47.7 Å². The molecule has 4 fully saturated rings. The van der Waals surface area contributed by atoms with E-state index in [1.165, 1.54) is 0 Å². The van der Waals surface area contributed by atoms with Crippen molar-refractivity contribution in [3.05, 3.63) is 0 Å². The first-order valence-electron chi connectivity index (χ1n) is 8.29. The molecule has 0 aromatic heterocycles. The van der Waals surface area contributed by atoms with Crippen LogP contribution in [0.3, 0.4) is 0 Å². The van der Waals surface area contributed by atoms with Crippen molar-refractivity contribution in [3.63, 3.8) is 0 Å². The van der Waals surface area contributed by atoms with Crippen LogP contribution in [0.25, 0.3) is 0 Å². The monoisotopic (exact) mass is 380 g/mol. The maximum Gasteiger partial charge on any atom is 0.254 e. The van der Waals surface area contributed by atoms with E-state index in [2.05, 4.69) is 16.0 Å². The number of amides is 3. The molecule has 1 saturated carbocycles. The Bertz CT molecular complexity index is 563. The van der Waals surface area contributed by atoms with Crippen LogP contribution < -0.4 is 21.7 Å². The minimum Gasteiger partial charge on any atom is -0.368 e. The smallest absolute Gasteiger partial charge is 0.254 e. The molecule has 7 nitrogen and oxygen atoms in total. The number of halogens is 3. The van der Waals surface area contributed by atoms with Gasteiger partial charge < -0.3 is 21.7 Å². The number of hydrogen-bond donors (Lipinski definition) is 4. The van der Waals surface area contributed by atoms with Crippen molar-refractivity contribution in [2.75, 3.05) is 6.54 Å². The molecule has 3 heterocycles. The van der Waals surface area contributed by atoms with Gasteiger partial charge in [-0.05, 0) is 25.7 Å².